The molecule has 3 nitrogen and oxygen atoms in total. The second kappa shape index (κ2) is 5.83. The minimum Gasteiger partial charge on any atom is -0.380 e. The molecular weight excluding hydrogens is 188 g/mol. The van der Waals surface area contributed by atoms with Crippen LogP contribution in [0, 0.1) is 5.92 Å². The van der Waals surface area contributed by atoms with Crippen molar-refractivity contribution in [3.63, 3.8) is 0 Å². The van der Waals surface area contributed by atoms with Gasteiger partial charge in [0.15, 0.2) is 0 Å². The van der Waals surface area contributed by atoms with Gasteiger partial charge in [-0.3, -0.25) is 0 Å². The molecule has 0 aromatic rings. The third-order valence-electron chi connectivity index (χ3n) is 3.65. The molecular formula is C12H24N2O. The van der Waals surface area contributed by atoms with E-state index in [0.717, 1.165) is 25.7 Å². The average molecular weight is 212 g/mol. The number of hydrogen-bond acceptors (Lipinski definition) is 3. The van der Waals surface area contributed by atoms with E-state index in [4.69, 9.17) is 10.5 Å². The van der Waals surface area contributed by atoms with Crippen LogP contribution in [-0.2, 0) is 4.74 Å². The molecule has 0 bridgehead atoms. The maximum atomic E-state index is 6.02. The number of nitrogens with two attached hydrogens (primary N) is 1. The van der Waals surface area contributed by atoms with Crippen molar-refractivity contribution >= 4 is 0 Å². The Morgan fingerprint density at radius 2 is 2.07 bits per heavy atom. The quantitative estimate of drug-likeness (QED) is 0.748. The first-order valence-electron chi connectivity index (χ1n) is 6.40. The van der Waals surface area contributed by atoms with E-state index in [9.17, 15) is 0 Å². The van der Waals surface area contributed by atoms with Crippen LogP contribution in [0.15, 0.2) is 0 Å². The van der Waals surface area contributed by atoms with Crippen LogP contribution in [0.2, 0.25) is 0 Å². The van der Waals surface area contributed by atoms with Crippen molar-refractivity contribution < 1.29 is 4.74 Å². The zero-order valence-corrected chi connectivity index (χ0v) is 9.66. The summed E-state index contributed by atoms with van der Waals surface area (Å²) in [7, 11) is 0. The predicted octanol–water partition coefficient (Wildman–Crippen LogP) is 1.23. The third-order valence-corrected chi connectivity index (χ3v) is 3.65. The Morgan fingerprint density at radius 1 is 1.13 bits per heavy atom. The van der Waals surface area contributed by atoms with E-state index < -0.39 is 0 Å². The van der Waals surface area contributed by atoms with Gasteiger partial charge in [0.1, 0.15) is 0 Å². The molecule has 1 heterocycles. The van der Waals surface area contributed by atoms with Gasteiger partial charge in [-0.25, -0.2) is 0 Å². The summed E-state index contributed by atoms with van der Waals surface area (Å²) >= 11 is 0. The fourth-order valence-corrected chi connectivity index (χ4v) is 2.84. The highest BCUT2D eigenvalue weighted by atomic mass is 16.5. The van der Waals surface area contributed by atoms with Crippen LogP contribution in [0.3, 0.4) is 0 Å². The molecule has 0 spiro atoms. The molecule has 2 aliphatic rings. The molecule has 0 aromatic carbocycles. The van der Waals surface area contributed by atoms with Crippen LogP contribution < -0.4 is 5.73 Å². The topological polar surface area (TPSA) is 38.5 Å². The predicted molar refractivity (Wildman–Crippen MR) is 61.8 cm³/mol. The summed E-state index contributed by atoms with van der Waals surface area (Å²) in [4.78, 5) is 2.57. The fraction of sp³-hybridized carbons (Fsp3) is 1.00. The van der Waals surface area contributed by atoms with Crippen molar-refractivity contribution in [3.05, 3.63) is 0 Å². The average Bonchev–Trinajstić information content (AvgIpc) is 2.46. The Bertz CT molecular complexity index is 178. The lowest BCUT2D eigenvalue weighted by molar-refractivity contribution is 0.134. The van der Waals surface area contributed by atoms with Crippen LogP contribution in [0.1, 0.15) is 32.1 Å². The van der Waals surface area contributed by atoms with Gasteiger partial charge in [0.05, 0.1) is 6.61 Å². The van der Waals surface area contributed by atoms with Gasteiger partial charge in [-0.2, -0.15) is 0 Å². The normalized spacial score (nSPS) is 35.0. The molecule has 0 aromatic heterocycles. The van der Waals surface area contributed by atoms with E-state index in [0.29, 0.717) is 6.04 Å². The standard InChI is InChI=1S/C12H24N2O/c13-12-4-1-3-11(9-12)10-14-5-2-7-15-8-6-14/h11-12H,1-10,13H2. The number of nitrogens with zero attached hydrogens (tertiary/aromatic N) is 1. The Morgan fingerprint density at radius 3 is 2.93 bits per heavy atom. The Hall–Kier alpha value is -0.120. The van der Waals surface area contributed by atoms with E-state index >= 15 is 0 Å². The molecule has 3 heteroatoms. The van der Waals surface area contributed by atoms with Crippen LogP contribution in [0.5, 0.6) is 0 Å². The molecule has 88 valence electrons. The summed E-state index contributed by atoms with van der Waals surface area (Å²) < 4.78 is 5.47. The number of rotatable bonds is 2. The van der Waals surface area contributed by atoms with Gasteiger partial charge in [0.2, 0.25) is 0 Å². The molecule has 0 radical (unpaired) electrons. The molecule has 1 aliphatic heterocycles. The molecule has 1 saturated heterocycles. The number of ether oxygens (including phenoxy) is 1. The summed E-state index contributed by atoms with van der Waals surface area (Å²) in [6, 6.07) is 0.465. The van der Waals surface area contributed by atoms with Crippen LogP contribution in [0.25, 0.3) is 0 Å². The molecule has 2 rings (SSSR count). The fourth-order valence-electron chi connectivity index (χ4n) is 2.84. The monoisotopic (exact) mass is 212 g/mol. The van der Waals surface area contributed by atoms with Gasteiger partial charge in [-0.1, -0.05) is 6.42 Å². The van der Waals surface area contributed by atoms with Gasteiger partial charge < -0.3 is 15.4 Å². The molecule has 2 N–H and O–H groups in total. The summed E-state index contributed by atoms with van der Waals surface area (Å²) in [5, 5.41) is 0. The summed E-state index contributed by atoms with van der Waals surface area (Å²) in [6.45, 7) is 5.44. The Balaban J connectivity index is 1.74. The molecule has 2 unspecified atom stereocenters. The smallest absolute Gasteiger partial charge is 0.0593 e. The minimum atomic E-state index is 0.465. The first-order valence-corrected chi connectivity index (χ1v) is 6.40. The van der Waals surface area contributed by atoms with Crippen molar-refractivity contribution in [1.82, 2.24) is 4.90 Å². The molecule has 2 atom stereocenters. The molecule has 15 heavy (non-hydrogen) atoms. The van der Waals surface area contributed by atoms with Crippen molar-refractivity contribution in [2.45, 2.75) is 38.1 Å². The molecule has 0 amide bonds. The SMILES string of the molecule is NC1CCCC(CN2CCCOCC2)C1. The van der Waals surface area contributed by atoms with Crippen LogP contribution >= 0.6 is 0 Å². The van der Waals surface area contributed by atoms with Gasteiger partial charge in [-0.15, -0.1) is 0 Å². The van der Waals surface area contributed by atoms with E-state index in [-0.39, 0.29) is 0 Å². The first-order chi connectivity index (χ1) is 7.34. The lowest BCUT2D eigenvalue weighted by Crippen LogP contribution is -2.36. The largest absolute Gasteiger partial charge is 0.380 e. The second-order valence-corrected chi connectivity index (χ2v) is 5.06. The maximum Gasteiger partial charge on any atom is 0.0593 e. The van der Waals surface area contributed by atoms with Crippen LogP contribution in [0.4, 0.5) is 0 Å². The van der Waals surface area contributed by atoms with Crippen molar-refractivity contribution in [2.75, 3.05) is 32.8 Å². The lowest BCUT2D eigenvalue weighted by atomic mass is 9.86. The zero-order valence-electron chi connectivity index (χ0n) is 9.66. The van der Waals surface area contributed by atoms with Crippen molar-refractivity contribution in [2.24, 2.45) is 11.7 Å². The van der Waals surface area contributed by atoms with E-state index in [1.54, 1.807) is 0 Å². The van der Waals surface area contributed by atoms with Gasteiger partial charge >= 0.3 is 0 Å². The zero-order chi connectivity index (χ0) is 10.5. The van der Waals surface area contributed by atoms with E-state index in [2.05, 4.69) is 4.90 Å². The summed E-state index contributed by atoms with van der Waals surface area (Å²) in [5.41, 5.74) is 6.02. The molecule has 1 aliphatic carbocycles. The van der Waals surface area contributed by atoms with E-state index in [1.165, 1.54) is 45.2 Å². The third kappa shape index (κ3) is 3.74. The van der Waals surface area contributed by atoms with Crippen LogP contribution in [-0.4, -0.2) is 43.8 Å². The highest BCUT2D eigenvalue weighted by molar-refractivity contribution is 4.78. The van der Waals surface area contributed by atoms with Gasteiger partial charge in [0.25, 0.3) is 0 Å². The second-order valence-electron chi connectivity index (χ2n) is 5.06. The maximum absolute atomic E-state index is 6.02. The highest BCUT2D eigenvalue weighted by Crippen LogP contribution is 2.24. The Kier molecular flexibility index (Phi) is 4.42. The first kappa shape index (κ1) is 11.4. The van der Waals surface area contributed by atoms with Gasteiger partial charge in [-0.05, 0) is 31.6 Å². The lowest BCUT2D eigenvalue weighted by Gasteiger charge is -2.31. The summed E-state index contributed by atoms with van der Waals surface area (Å²) in [6.07, 6.45) is 6.37. The minimum absolute atomic E-state index is 0.465. The van der Waals surface area contributed by atoms with Crippen molar-refractivity contribution in [1.29, 1.82) is 0 Å². The Labute approximate surface area is 93.0 Å². The molecule has 1 saturated carbocycles. The van der Waals surface area contributed by atoms with E-state index in [1.807, 2.05) is 0 Å². The van der Waals surface area contributed by atoms with Crippen molar-refractivity contribution in [3.8, 4) is 0 Å². The molecule has 2 fully saturated rings. The number of hydrogen-bond donors (Lipinski definition) is 1. The summed E-state index contributed by atoms with van der Waals surface area (Å²) in [5.74, 6) is 0.840. The highest BCUT2D eigenvalue weighted by Gasteiger charge is 2.21. The van der Waals surface area contributed by atoms with Gasteiger partial charge in [0, 0.05) is 32.3 Å².